The predicted octanol–water partition coefficient (Wildman–Crippen LogP) is 2.19. The lowest BCUT2D eigenvalue weighted by Crippen LogP contribution is -2.22. The maximum Gasteiger partial charge on any atom is 0.268 e. The Balaban J connectivity index is 2.22. The van der Waals surface area contributed by atoms with Crippen LogP contribution in [-0.2, 0) is 6.54 Å². The van der Waals surface area contributed by atoms with Crippen LogP contribution in [0.25, 0.3) is 0 Å². The van der Waals surface area contributed by atoms with E-state index in [1.54, 1.807) is 24.0 Å². The fourth-order valence-corrected chi connectivity index (χ4v) is 1.99. The van der Waals surface area contributed by atoms with Crippen LogP contribution in [0.1, 0.15) is 18.2 Å². The van der Waals surface area contributed by atoms with E-state index in [4.69, 9.17) is 0 Å². The monoisotopic (exact) mass is 322 g/mol. The summed E-state index contributed by atoms with van der Waals surface area (Å²) in [7, 11) is 0. The molecule has 2 aromatic heterocycles. The first-order chi connectivity index (χ1) is 9.11. The molecule has 6 heteroatoms. The van der Waals surface area contributed by atoms with Gasteiger partial charge < -0.3 is 5.32 Å². The molecule has 0 amide bonds. The quantitative estimate of drug-likeness (QED) is 0.937. The molecule has 0 aromatic carbocycles. The molecule has 19 heavy (non-hydrogen) atoms. The van der Waals surface area contributed by atoms with E-state index in [2.05, 4.69) is 31.2 Å². The van der Waals surface area contributed by atoms with Crippen LogP contribution in [0, 0.1) is 6.92 Å². The third-order valence-corrected chi connectivity index (χ3v) is 3.61. The van der Waals surface area contributed by atoms with Crippen LogP contribution >= 0.6 is 15.9 Å². The number of pyridine rings is 1. The van der Waals surface area contributed by atoms with Crippen molar-refractivity contribution in [3.63, 3.8) is 0 Å². The Morgan fingerprint density at radius 1 is 1.37 bits per heavy atom. The summed E-state index contributed by atoms with van der Waals surface area (Å²) < 4.78 is 2.06. The average molecular weight is 323 g/mol. The number of rotatable bonds is 4. The molecule has 100 valence electrons. The fraction of sp³-hybridized carbons (Fsp3) is 0.308. The second kappa shape index (κ2) is 5.97. The van der Waals surface area contributed by atoms with Crippen molar-refractivity contribution in [1.29, 1.82) is 0 Å². The van der Waals surface area contributed by atoms with E-state index in [1.807, 2.05) is 19.1 Å². The molecule has 0 bridgehead atoms. The van der Waals surface area contributed by atoms with Gasteiger partial charge in [-0.05, 0) is 41.4 Å². The molecule has 0 saturated heterocycles. The second-order valence-electron chi connectivity index (χ2n) is 4.16. The van der Waals surface area contributed by atoms with Gasteiger partial charge in [0.25, 0.3) is 5.56 Å². The third-order valence-electron chi connectivity index (χ3n) is 2.69. The van der Waals surface area contributed by atoms with Crippen LogP contribution in [0.5, 0.6) is 0 Å². The zero-order chi connectivity index (χ0) is 13.8. The minimum Gasteiger partial charge on any atom is -0.370 e. The van der Waals surface area contributed by atoms with Crippen LogP contribution in [0.4, 0.5) is 5.82 Å². The van der Waals surface area contributed by atoms with Crippen molar-refractivity contribution < 1.29 is 0 Å². The molecule has 0 radical (unpaired) electrons. The van der Waals surface area contributed by atoms with Crippen molar-refractivity contribution in [1.82, 2.24) is 14.5 Å². The van der Waals surface area contributed by atoms with Gasteiger partial charge in [-0.1, -0.05) is 6.07 Å². The van der Waals surface area contributed by atoms with Gasteiger partial charge in [0.1, 0.15) is 10.3 Å². The molecule has 0 aliphatic heterocycles. The molecule has 0 atom stereocenters. The fourth-order valence-electron chi connectivity index (χ4n) is 1.66. The highest BCUT2D eigenvalue weighted by atomic mass is 79.9. The normalized spacial score (nSPS) is 10.5. The molecule has 1 N–H and O–H groups in total. The van der Waals surface area contributed by atoms with Crippen molar-refractivity contribution in [3.8, 4) is 0 Å². The molecular weight excluding hydrogens is 308 g/mol. The van der Waals surface area contributed by atoms with Crippen LogP contribution < -0.4 is 10.9 Å². The van der Waals surface area contributed by atoms with E-state index in [-0.39, 0.29) is 5.56 Å². The number of hydrogen-bond donors (Lipinski definition) is 1. The number of halogens is 1. The van der Waals surface area contributed by atoms with Crippen molar-refractivity contribution in [2.24, 2.45) is 0 Å². The van der Waals surface area contributed by atoms with Crippen LogP contribution in [-0.4, -0.2) is 21.1 Å². The summed E-state index contributed by atoms with van der Waals surface area (Å²) in [6, 6.07) is 3.85. The zero-order valence-electron chi connectivity index (χ0n) is 10.9. The first-order valence-corrected chi connectivity index (χ1v) is 6.81. The van der Waals surface area contributed by atoms with Crippen molar-refractivity contribution in [2.45, 2.75) is 20.4 Å². The highest BCUT2D eigenvalue weighted by molar-refractivity contribution is 9.10. The summed E-state index contributed by atoms with van der Waals surface area (Å²) >= 11 is 3.25. The molecule has 0 aliphatic carbocycles. The van der Waals surface area contributed by atoms with Crippen LogP contribution in [0.2, 0.25) is 0 Å². The van der Waals surface area contributed by atoms with Gasteiger partial charge in [-0.25, -0.2) is 9.97 Å². The summed E-state index contributed by atoms with van der Waals surface area (Å²) in [5, 5.41) is 3.13. The average Bonchev–Trinajstić information content (AvgIpc) is 2.42. The Hall–Kier alpha value is -1.69. The van der Waals surface area contributed by atoms with E-state index in [0.717, 1.165) is 17.9 Å². The van der Waals surface area contributed by atoms with E-state index in [1.165, 1.54) is 0 Å². The minimum absolute atomic E-state index is 0.0803. The van der Waals surface area contributed by atoms with Gasteiger partial charge in [-0.2, -0.15) is 0 Å². The van der Waals surface area contributed by atoms with E-state index >= 15 is 0 Å². The van der Waals surface area contributed by atoms with Crippen LogP contribution in [0.15, 0.2) is 33.9 Å². The molecule has 0 fully saturated rings. The molecule has 2 rings (SSSR count). The Kier molecular flexibility index (Phi) is 4.31. The number of aromatic nitrogens is 3. The molecule has 0 unspecified atom stereocenters. The lowest BCUT2D eigenvalue weighted by Gasteiger charge is -2.08. The lowest BCUT2D eigenvalue weighted by atomic mass is 10.3. The first-order valence-electron chi connectivity index (χ1n) is 6.02. The minimum atomic E-state index is -0.0803. The lowest BCUT2D eigenvalue weighted by molar-refractivity contribution is 0.722. The third kappa shape index (κ3) is 3.20. The Bertz CT molecular complexity index is 622. The van der Waals surface area contributed by atoms with E-state index in [9.17, 15) is 4.79 Å². The topological polar surface area (TPSA) is 59.8 Å². The largest absolute Gasteiger partial charge is 0.370 e. The summed E-state index contributed by atoms with van der Waals surface area (Å²) in [5.41, 5.74) is 1.58. The van der Waals surface area contributed by atoms with Gasteiger partial charge in [0, 0.05) is 12.7 Å². The first kappa shape index (κ1) is 13.7. The summed E-state index contributed by atoms with van der Waals surface area (Å²) in [5.74, 6) is 0.835. The standard InChI is InChI=1S/C13H15BrN4O/c1-3-15-11-5-4-10(6-16-11)7-18-8-17-9(2)12(14)13(18)19/h4-6,8H,3,7H2,1-2H3,(H,15,16). The Morgan fingerprint density at radius 3 is 2.79 bits per heavy atom. The maximum atomic E-state index is 12.0. The van der Waals surface area contributed by atoms with Gasteiger partial charge in [0.15, 0.2) is 0 Å². The van der Waals surface area contributed by atoms with E-state index in [0.29, 0.717) is 16.7 Å². The van der Waals surface area contributed by atoms with Gasteiger partial charge in [0.05, 0.1) is 18.6 Å². The van der Waals surface area contributed by atoms with Crippen molar-refractivity contribution >= 4 is 21.7 Å². The van der Waals surface area contributed by atoms with Gasteiger partial charge in [-0.15, -0.1) is 0 Å². The highest BCUT2D eigenvalue weighted by Crippen LogP contribution is 2.09. The predicted molar refractivity (Wildman–Crippen MR) is 78.4 cm³/mol. The van der Waals surface area contributed by atoms with Gasteiger partial charge >= 0.3 is 0 Å². The molecule has 0 aliphatic rings. The maximum absolute atomic E-state index is 12.0. The second-order valence-corrected chi connectivity index (χ2v) is 4.95. The van der Waals surface area contributed by atoms with Gasteiger partial charge in [0.2, 0.25) is 0 Å². The molecule has 2 heterocycles. The SMILES string of the molecule is CCNc1ccc(Cn2cnc(C)c(Br)c2=O)cn1. The van der Waals surface area contributed by atoms with Gasteiger partial charge in [-0.3, -0.25) is 9.36 Å². The molecule has 0 spiro atoms. The van der Waals surface area contributed by atoms with Crippen LogP contribution in [0.3, 0.4) is 0 Å². The zero-order valence-corrected chi connectivity index (χ0v) is 12.4. The Labute approximate surface area is 119 Å². The smallest absolute Gasteiger partial charge is 0.268 e. The number of nitrogens with one attached hydrogen (secondary N) is 1. The summed E-state index contributed by atoms with van der Waals surface area (Å²) in [4.78, 5) is 20.4. The molecule has 2 aromatic rings. The number of hydrogen-bond acceptors (Lipinski definition) is 4. The highest BCUT2D eigenvalue weighted by Gasteiger charge is 2.06. The van der Waals surface area contributed by atoms with E-state index < -0.39 is 0 Å². The summed E-state index contributed by atoms with van der Waals surface area (Å²) in [6.45, 7) is 5.11. The Morgan fingerprint density at radius 2 is 2.16 bits per heavy atom. The summed E-state index contributed by atoms with van der Waals surface area (Å²) in [6.07, 6.45) is 3.32. The number of nitrogens with zero attached hydrogens (tertiary/aromatic N) is 3. The number of aryl methyl sites for hydroxylation is 1. The number of anilines is 1. The molecule has 0 saturated carbocycles. The van der Waals surface area contributed by atoms with Crippen molar-refractivity contribution in [2.75, 3.05) is 11.9 Å². The van der Waals surface area contributed by atoms with Crippen molar-refractivity contribution in [3.05, 3.63) is 50.7 Å². The molecular formula is C13H15BrN4O. The molecule has 5 nitrogen and oxygen atoms in total.